The summed E-state index contributed by atoms with van der Waals surface area (Å²) in [5, 5.41) is -3.76. The molecule has 0 saturated carbocycles. The number of halogens is 3. The van der Waals surface area contributed by atoms with Gasteiger partial charge in [-0.3, -0.25) is 4.79 Å². The van der Waals surface area contributed by atoms with Crippen molar-refractivity contribution in [1.29, 1.82) is 0 Å². The van der Waals surface area contributed by atoms with E-state index in [1.807, 2.05) is 0 Å². The molecule has 0 atom stereocenters. The van der Waals surface area contributed by atoms with Crippen molar-refractivity contribution in [3.8, 4) is 0 Å². The second kappa shape index (κ2) is 3.08. The van der Waals surface area contributed by atoms with Gasteiger partial charge >= 0.3 is 11.3 Å². The van der Waals surface area contributed by atoms with Gasteiger partial charge in [0.2, 0.25) is 0 Å². The lowest BCUT2D eigenvalue weighted by molar-refractivity contribution is -0.150. The Morgan fingerprint density at radius 1 is 1.54 bits per heavy atom. The van der Waals surface area contributed by atoms with Crippen LogP contribution < -0.4 is 0 Å². The molecule has 2 nitrogen and oxygen atoms in total. The van der Waals surface area contributed by atoms with Crippen LogP contribution >= 0.6 is 11.6 Å². The molecule has 0 bridgehead atoms. The molecule has 1 heterocycles. The molecule has 0 radical (unpaired) electrons. The van der Waals surface area contributed by atoms with Crippen molar-refractivity contribution < 1.29 is 13.6 Å². The van der Waals surface area contributed by atoms with Crippen LogP contribution in [0.25, 0.3) is 0 Å². The van der Waals surface area contributed by atoms with E-state index in [-0.39, 0.29) is 0 Å². The SMILES string of the molecule is CC1(C)CCCN1C(=O)C(F)(F)Cl. The van der Waals surface area contributed by atoms with Crippen molar-refractivity contribution >= 4 is 17.5 Å². The Labute approximate surface area is 80.8 Å². The summed E-state index contributed by atoms with van der Waals surface area (Å²) in [4.78, 5) is 12.3. The quantitative estimate of drug-likeness (QED) is 0.609. The summed E-state index contributed by atoms with van der Waals surface area (Å²) in [6.07, 6.45) is 1.50. The molecule has 1 aliphatic heterocycles. The molecule has 1 aliphatic rings. The third-order valence-electron chi connectivity index (χ3n) is 2.39. The van der Waals surface area contributed by atoms with Gasteiger partial charge in [0.15, 0.2) is 0 Å². The van der Waals surface area contributed by atoms with Gasteiger partial charge in [-0.25, -0.2) is 0 Å². The summed E-state index contributed by atoms with van der Waals surface area (Å²) in [5.74, 6) is -1.28. The minimum Gasteiger partial charge on any atom is -0.331 e. The predicted octanol–water partition coefficient (Wildman–Crippen LogP) is 2.22. The average molecular weight is 212 g/mol. The van der Waals surface area contributed by atoms with E-state index in [0.29, 0.717) is 6.54 Å². The zero-order valence-electron chi connectivity index (χ0n) is 7.61. The summed E-state index contributed by atoms with van der Waals surface area (Å²) in [5.41, 5.74) is -0.491. The van der Waals surface area contributed by atoms with Crippen LogP contribution in [0.2, 0.25) is 0 Å². The Morgan fingerprint density at radius 3 is 2.38 bits per heavy atom. The van der Waals surface area contributed by atoms with Crippen molar-refractivity contribution in [1.82, 2.24) is 4.90 Å². The highest BCUT2D eigenvalue weighted by Crippen LogP contribution is 2.33. The van der Waals surface area contributed by atoms with E-state index in [1.54, 1.807) is 13.8 Å². The van der Waals surface area contributed by atoms with E-state index in [1.165, 1.54) is 0 Å². The monoisotopic (exact) mass is 211 g/mol. The summed E-state index contributed by atoms with van der Waals surface area (Å²) < 4.78 is 25.0. The first-order valence-corrected chi connectivity index (χ1v) is 4.52. The highest BCUT2D eigenvalue weighted by Gasteiger charge is 2.46. The maximum absolute atomic E-state index is 12.5. The Hall–Kier alpha value is -0.380. The Balaban J connectivity index is 2.79. The molecule has 1 amide bonds. The molecule has 5 heteroatoms. The van der Waals surface area contributed by atoms with Crippen LogP contribution in [0.3, 0.4) is 0 Å². The first-order valence-electron chi connectivity index (χ1n) is 4.14. The molecule has 0 aromatic rings. The van der Waals surface area contributed by atoms with Crippen LogP contribution in [0.1, 0.15) is 26.7 Å². The first kappa shape index (κ1) is 10.7. The molecule has 76 valence electrons. The lowest BCUT2D eigenvalue weighted by Crippen LogP contribution is -2.48. The van der Waals surface area contributed by atoms with Crippen molar-refractivity contribution in [3.63, 3.8) is 0 Å². The summed E-state index contributed by atoms with van der Waals surface area (Å²) in [7, 11) is 0. The van der Waals surface area contributed by atoms with Crippen molar-refractivity contribution in [2.75, 3.05) is 6.54 Å². The maximum atomic E-state index is 12.5. The number of nitrogens with zero attached hydrogens (tertiary/aromatic N) is 1. The zero-order valence-corrected chi connectivity index (χ0v) is 8.37. The fraction of sp³-hybridized carbons (Fsp3) is 0.875. The molecular formula is C8H12ClF2NO. The van der Waals surface area contributed by atoms with Gasteiger partial charge in [0.1, 0.15) is 0 Å². The number of hydrogen-bond donors (Lipinski definition) is 0. The molecule has 0 N–H and O–H groups in total. The fourth-order valence-electron chi connectivity index (χ4n) is 1.64. The molecule has 0 aromatic carbocycles. The molecular weight excluding hydrogens is 200 g/mol. The number of alkyl halides is 3. The van der Waals surface area contributed by atoms with Crippen molar-refractivity contribution in [3.05, 3.63) is 0 Å². The van der Waals surface area contributed by atoms with Crippen LogP contribution in [-0.4, -0.2) is 28.3 Å². The van der Waals surface area contributed by atoms with E-state index in [9.17, 15) is 13.6 Å². The van der Waals surface area contributed by atoms with Crippen LogP contribution in [0.4, 0.5) is 8.78 Å². The van der Waals surface area contributed by atoms with Crippen LogP contribution in [0.5, 0.6) is 0 Å². The van der Waals surface area contributed by atoms with E-state index in [4.69, 9.17) is 0 Å². The largest absolute Gasteiger partial charge is 0.399 e. The molecule has 0 aromatic heterocycles. The van der Waals surface area contributed by atoms with E-state index in [0.717, 1.165) is 17.7 Å². The second-order valence-corrected chi connectivity index (χ2v) is 4.35. The smallest absolute Gasteiger partial charge is 0.331 e. The van der Waals surface area contributed by atoms with Gasteiger partial charge in [-0.05, 0) is 38.3 Å². The fourth-order valence-corrected chi connectivity index (χ4v) is 1.74. The van der Waals surface area contributed by atoms with E-state index < -0.39 is 16.8 Å². The van der Waals surface area contributed by atoms with Crippen molar-refractivity contribution in [2.24, 2.45) is 0 Å². The van der Waals surface area contributed by atoms with Gasteiger partial charge < -0.3 is 4.90 Å². The zero-order chi connectivity index (χ0) is 10.3. The maximum Gasteiger partial charge on any atom is 0.399 e. The third-order valence-corrected chi connectivity index (χ3v) is 2.55. The molecule has 1 saturated heterocycles. The predicted molar refractivity (Wildman–Crippen MR) is 45.8 cm³/mol. The highest BCUT2D eigenvalue weighted by molar-refractivity contribution is 6.32. The topological polar surface area (TPSA) is 20.3 Å². The van der Waals surface area contributed by atoms with Crippen molar-refractivity contribution in [2.45, 2.75) is 37.6 Å². The molecule has 13 heavy (non-hydrogen) atoms. The van der Waals surface area contributed by atoms with Crippen LogP contribution in [0.15, 0.2) is 0 Å². The Bertz CT molecular complexity index is 225. The molecule has 1 rings (SSSR count). The number of rotatable bonds is 1. The van der Waals surface area contributed by atoms with Gasteiger partial charge in [0, 0.05) is 12.1 Å². The lowest BCUT2D eigenvalue weighted by atomic mass is 10.0. The molecule has 0 spiro atoms. The summed E-state index contributed by atoms with van der Waals surface area (Å²) in [6.45, 7) is 3.90. The highest BCUT2D eigenvalue weighted by atomic mass is 35.5. The van der Waals surface area contributed by atoms with Crippen LogP contribution in [0, 0.1) is 0 Å². The lowest BCUT2D eigenvalue weighted by Gasteiger charge is -2.32. The summed E-state index contributed by atoms with van der Waals surface area (Å²) >= 11 is 4.67. The first-order chi connectivity index (χ1) is 5.75. The van der Waals surface area contributed by atoms with E-state index in [2.05, 4.69) is 11.6 Å². The number of carbonyl (C=O) groups is 1. The number of carbonyl (C=O) groups excluding carboxylic acids is 1. The average Bonchev–Trinajstić information content (AvgIpc) is 2.26. The minimum absolute atomic E-state index is 0.369. The Kier molecular flexibility index (Phi) is 2.54. The summed E-state index contributed by atoms with van der Waals surface area (Å²) in [6, 6.07) is 0. The Morgan fingerprint density at radius 2 is 2.08 bits per heavy atom. The van der Waals surface area contributed by atoms with Gasteiger partial charge in [-0.1, -0.05) is 0 Å². The number of hydrogen-bond acceptors (Lipinski definition) is 1. The third kappa shape index (κ3) is 2.10. The number of likely N-dealkylation sites (tertiary alicyclic amines) is 1. The minimum atomic E-state index is -3.76. The van der Waals surface area contributed by atoms with Crippen LogP contribution in [-0.2, 0) is 4.79 Å². The van der Waals surface area contributed by atoms with Gasteiger partial charge in [-0.15, -0.1) is 0 Å². The number of amides is 1. The standard InChI is InChI=1S/C8H12ClF2NO/c1-7(2)4-3-5-12(7)6(13)8(9,10)11/h3-5H2,1-2H3. The molecule has 0 unspecified atom stereocenters. The van der Waals surface area contributed by atoms with Gasteiger partial charge in [-0.2, -0.15) is 8.78 Å². The van der Waals surface area contributed by atoms with E-state index >= 15 is 0 Å². The molecule has 0 aliphatic carbocycles. The van der Waals surface area contributed by atoms with Gasteiger partial charge in [0.25, 0.3) is 0 Å². The van der Waals surface area contributed by atoms with Gasteiger partial charge in [0.05, 0.1) is 0 Å². The normalized spacial score (nSPS) is 22.1. The molecule has 1 fully saturated rings. The second-order valence-electron chi connectivity index (χ2n) is 3.87.